The molecule has 130 valence electrons. The Balaban J connectivity index is 2.09. The summed E-state index contributed by atoms with van der Waals surface area (Å²) in [6, 6.07) is 9.64. The molecule has 0 bridgehead atoms. The molecule has 0 saturated carbocycles. The van der Waals surface area contributed by atoms with E-state index < -0.39 is 15.6 Å². The van der Waals surface area contributed by atoms with E-state index >= 15 is 0 Å². The highest BCUT2D eigenvalue weighted by Gasteiger charge is 2.17. The van der Waals surface area contributed by atoms with Crippen LogP contribution in [0.1, 0.15) is 29.1 Å². The van der Waals surface area contributed by atoms with E-state index in [0.29, 0.717) is 6.54 Å². The minimum atomic E-state index is -3.68. The predicted octanol–water partition coefficient (Wildman–Crippen LogP) is 1.69. The molecule has 0 unspecified atom stereocenters. The zero-order valence-electron chi connectivity index (χ0n) is 13.6. The van der Waals surface area contributed by atoms with E-state index in [9.17, 15) is 13.2 Å². The van der Waals surface area contributed by atoms with Crippen molar-refractivity contribution in [3.8, 4) is 0 Å². The molecule has 0 aliphatic heterocycles. The average Bonchev–Trinajstić information content (AvgIpc) is 3.04. The molecule has 24 heavy (non-hydrogen) atoms. The summed E-state index contributed by atoms with van der Waals surface area (Å²) in [7, 11) is -3.68. The van der Waals surface area contributed by atoms with Gasteiger partial charge in [0.2, 0.25) is 10.0 Å². The number of amides is 1. The quantitative estimate of drug-likeness (QED) is 0.693. The minimum absolute atomic E-state index is 0.0544. The average molecular weight is 367 g/mol. The van der Waals surface area contributed by atoms with Gasteiger partial charge in [0, 0.05) is 29.1 Å². The highest BCUT2D eigenvalue weighted by Crippen LogP contribution is 2.14. The number of nitrogens with one attached hydrogen (secondary N) is 2. The number of rotatable bonds is 7. The monoisotopic (exact) mass is 367 g/mol. The van der Waals surface area contributed by atoms with Crippen molar-refractivity contribution in [1.82, 2.24) is 10.0 Å². The molecule has 2 aromatic rings. The first-order valence-electron chi connectivity index (χ1n) is 7.37. The fourth-order valence-corrected chi connectivity index (χ4v) is 3.67. The van der Waals surface area contributed by atoms with Crippen LogP contribution in [-0.4, -0.2) is 26.4 Å². The molecule has 0 saturated heterocycles. The van der Waals surface area contributed by atoms with Crippen LogP contribution in [0.3, 0.4) is 0 Å². The van der Waals surface area contributed by atoms with Crippen LogP contribution in [0.5, 0.6) is 0 Å². The number of carbonyl (C=O) groups is 1. The molecule has 0 atom stereocenters. The molecule has 2 rings (SSSR count). The van der Waals surface area contributed by atoms with E-state index in [1.54, 1.807) is 26.0 Å². The molecule has 0 aliphatic carbocycles. The van der Waals surface area contributed by atoms with E-state index in [0.717, 1.165) is 4.88 Å². The van der Waals surface area contributed by atoms with Crippen molar-refractivity contribution in [2.24, 2.45) is 5.73 Å². The molecular formula is C16H21N3O3S2. The van der Waals surface area contributed by atoms with Gasteiger partial charge in [0.05, 0.1) is 4.90 Å². The van der Waals surface area contributed by atoms with Crippen LogP contribution >= 0.6 is 11.3 Å². The van der Waals surface area contributed by atoms with Crippen LogP contribution in [0.25, 0.3) is 0 Å². The molecule has 0 aliphatic rings. The van der Waals surface area contributed by atoms with Crippen LogP contribution < -0.4 is 15.8 Å². The van der Waals surface area contributed by atoms with Crippen molar-refractivity contribution < 1.29 is 13.2 Å². The first kappa shape index (κ1) is 18.6. The molecule has 6 nitrogen and oxygen atoms in total. The maximum atomic E-state index is 12.4. The maximum Gasteiger partial charge on any atom is 0.251 e. The minimum Gasteiger partial charge on any atom is -0.350 e. The van der Waals surface area contributed by atoms with Gasteiger partial charge < -0.3 is 11.1 Å². The topological polar surface area (TPSA) is 101 Å². The Morgan fingerprint density at radius 1 is 1.25 bits per heavy atom. The van der Waals surface area contributed by atoms with Gasteiger partial charge in [-0.15, -0.1) is 11.3 Å². The smallest absolute Gasteiger partial charge is 0.251 e. The molecule has 0 fully saturated rings. The van der Waals surface area contributed by atoms with Gasteiger partial charge in [-0.05, 0) is 43.5 Å². The lowest BCUT2D eigenvalue weighted by Crippen LogP contribution is -2.45. The number of carbonyl (C=O) groups excluding carboxylic acids is 1. The second kappa shape index (κ2) is 7.43. The van der Waals surface area contributed by atoms with Gasteiger partial charge in [-0.1, -0.05) is 12.1 Å². The Hall–Kier alpha value is -1.74. The lowest BCUT2D eigenvalue weighted by Gasteiger charge is -2.19. The predicted molar refractivity (Wildman–Crippen MR) is 95.4 cm³/mol. The number of hydrogen-bond acceptors (Lipinski definition) is 5. The Labute approximate surface area is 146 Å². The molecule has 8 heteroatoms. The highest BCUT2D eigenvalue weighted by atomic mass is 32.2. The molecular weight excluding hydrogens is 346 g/mol. The van der Waals surface area contributed by atoms with Gasteiger partial charge in [0.25, 0.3) is 5.91 Å². The van der Waals surface area contributed by atoms with Crippen molar-refractivity contribution in [1.29, 1.82) is 0 Å². The van der Waals surface area contributed by atoms with E-state index in [2.05, 4.69) is 10.0 Å². The van der Waals surface area contributed by atoms with Crippen LogP contribution in [0, 0.1) is 0 Å². The Morgan fingerprint density at radius 3 is 2.62 bits per heavy atom. The van der Waals surface area contributed by atoms with Crippen LogP contribution in [0.15, 0.2) is 46.7 Å². The highest BCUT2D eigenvalue weighted by molar-refractivity contribution is 7.89. The summed E-state index contributed by atoms with van der Waals surface area (Å²) in [6.45, 7) is 4.10. The lowest BCUT2D eigenvalue weighted by molar-refractivity contribution is 0.0946. The summed E-state index contributed by atoms with van der Waals surface area (Å²) >= 11 is 1.47. The molecule has 1 amide bonds. The maximum absolute atomic E-state index is 12.4. The van der Waals surface area contributed by atoms with Crippen molar-refractivity contribution in [3.63, 3.8) is 0 Å². The first-order chi connectivity index (χ1) is 11.2. The molecule has 0 spiro atoms. The van der Waals surface area contributed by atoms with Gasteiger partial charge in [0.1, 0.15) is 0 Å². The Morgan fingerprint density at radius 2 is 2.00 bits per heavy atom. The standard InChI is InChI=1S/C16H21N3O3S2/c1-16(2,17)11-18-15(20)12-5-3-7-14(9-12)24(21,22)19-10-13-6-4-8-23-13/h3-9,19H,10-11,17H2,1-2H3,(H,18,20). The van der Waals surface area contributed by atoms with Gasteiger partial charge in [-0.25, -0.2) is 13.1 Å². The normalized spacial score (nSPS) is 12.1. The van der Waals surface area contributed by atoms with Crippen molar-refractivity contribution in [2.75, 3.05) is 6.54 Å². The molecule has 1 aromatic heterocycles. The van der Waals surface area contributed by atoms with E-state index in [-0.39, 0.29) is 22.9 Å². The third-order valence-corrected chi connectivity index (χ3v) is 5.40. The molecule has 0 radical (unpaired) electrons. The molecule has 1 aromatic carbocycles. The fourth-order valence-electron chi connectivity index (χ4n) is 1.88. The van der Waals surface area contributed by atoms with E-state index in [1.165, 1.54) is 23.5 Å². The van der Waals surface area contributed by atoms with Gasteiger partial charge in [-0.3, -0.25) is 4.79 Å². The van der Waals surface area contributed by atoms with Gasteiger partial charge in [-0.2, -0.15) is 0 Å². The zero-order valence-corrected chi connectivity index (χ0v) is 15.2. The second-order valence-electron chi connectivity index (χ2n) is 6.10. The van der Waals surface area contributed by atoms with Crippen LogP contribution in [0.2, 0.25) is 0 Å². The Kier molecular flexibility index (Phi) is 5.76. The number of benzene rings is 1. The Bertz CT molecular complexity index is 794. The molecule has 1 heterocycles. The van der Waals surface area contributed by atoms with Crippen LogP contribution in [-0.2, 0) is 16.6 Å². The van der Waals surface area contributed by atoms with Gasteiger partial charge >= 0.3 is 0 Å². The van der Waals surface area contributed by atoms with Gasteiger partial charge in [0.15, 0.2) is 0 Å². The summed E-state index contributed by atoms with van der Waals surface area (Å²) in [5.74, 6) is -0.358. The van der Waals surface area contributed by atoms with Crippen LogP contribution in [0.4, 0.5) is 0 Å². The zero-order chi connectivity index (χ0) is 17.8. The summed E-state index contributed by atoms with van der Waals surface area (Å²) in [5, 5.41) is 4.58. The number of hydrogen-bond donors (Lipinski definition) is 3. The van der Waals surface area contributed by atoms with Crippen molar-refractivity contribution in [3.05, 3.63) is 52.2 Å². The third kappa shape index (κ3) is 5.41. The first-order valence-corrected chi connectivity index (χ1v) is 9.73. The summed E-state index contributed by atoms with van der Waals surface area (Å²) in [5.41, 5.74) is 5.56. The largest absolute Gasteiger partial charge is 0.350 e. The molecule has 4 N–H and O–H groups in total. The second-order valence-corrected chi connectivity index (χ2v) is 8.90. The van der Waals surface area contributed by atoms with Crippen molar-refractivity contribution >= 4 is 27.3 Å². The fraction of sp³-hybridized carbons (Fsp3) is 0.312. The van der Waals surface area contributed by atoms with Crippen molar-refractivity contribution in [2.45, 2.75) is 30.8 Å². The summed E-state index contributed by atoms with van der Waals surface area (Å²) in [4.78, 5) is 13.1. The SMILES string of the molecule is CC(C)(N)CNC(=O)c1cccc(S(=O)(=O)NCc2cccs2)c1. The summed E-state index contributed by atoms with van der Waals surface area (Å²) < 4.78 is 27.3. The third-order valence-electron chi connectivity index (χ3n) is 3.13. The van der Waals surface area contributed by atoms with E-state index in [4.69, 9.17) is 5.73 Å². The number of nitrogens with two attached hydrogens (primary N) is 1. The number of thiophene rings is 1. The number of sulfonamides is 1. The van der Waals surface area contributed by atoms with E-state index in [1.807, 2.05) is 17.5 Å². The lowest BCUT2D eigenvalue weighted by atomic mass is 10.1. The summed E-state index contributed by atoms with van der Waals surface area (Å²) in [6.07, 6.45) is 0.